The van der Waals surface area contributed by atoms with E-state index in [2.05, 4.69) is 0 Å². The number of ketones is 1. The van der Waals surface area contributed by atoms with E-state index < -0.39 is 23.4 Å². The number of carbonyl (C=O) groups excluding carboxylic acids is 1. The van der Waals surface area contributed by atoms with Crippen molar-refractivity contribution in [3.8, 4) is 0 Å². The average Bonchev–Trinajstić information content (AvgIpc) is 3.19. The van der Waals surface area contributed by atoms with Crippen LogP contribution >= 0.6 is 0 Å². The molecule has 27 heavy (non-hydrogen) atoms. The average molecular weight is 396 g/mol. The Morgan fingerprint density at radius 3 is 2.26 bits per heavy atom. The lowest BCUT2D eigenvalue weighted by Gasteiger charge is -2.41. The predicted molar refractivity (Wildman–Crippen MR) is 85.6 cm³/mol. The van der Waals surface area contributed by atoms with Gasteiger partial charge in [0.1, 0.15) is 5.78 Å². The number of rotatable bonds is 4. The van der Waals surface area contributed by atoms with Gasteiger partial charge in [0.25, 0.3) is 5.60 Å². The molecule has 2 saturated carbocycles. The standard InChI is InChI=1S/C19H22F6O2/c1-15-7-2-4-13(26)12(15)5-6-14(15)16(10-11-16)8-3-9-17(27,18(20,21)22)19(23,24)25/h3,6,9,12,27H,2,4-5,7-8,10-11H2,1H3/t12-,15+/m0/s1. The van der Waals surface area contributed by atoms with E-state index in [-0.39, 0.29) is 29.6 Å². The Morgan fingerprint density at radius 1 is 1.15 bits per heavy atom. The van der Waals surface area contributed by atoms with E-state index in [9.17, 15) is 36.2 Å². The number of halogens is 6. The smallest absolute Gasteiger partial charge is 0.370 e. The van der Waals surface area contributed by atoms with Gasteiger partial charge in [0, 0.05) is 12.3 Å². The molecule has 0 aliphatic heterocycles. The third-order valence-electron chi connectivity index (χ3n) is 6.61. The summed E-state index contributed by atoms with van der Waals surface area (Å²) in [5.41, 5.74) is -4.70. The maximum Gasteiger partial charge on any atom is 0.429 e. The lowest BCUT2D eigenvalue weighted by molar-refractivity contribution is -0.347. The van der Waals surface area contributed by atoms with E-state index in [1.165, 1.54) is 0 Å². The maximum atomic E-state index is 12.8. The molecule has 1 N–H and O–H groups in total. The molecule has 0 unspecified atom stereocenters. The molecule has 0 heterocycles. The van der Waals surface area contributed by atoms with Crippen LogP contribution in [-0.2, 0) is 4.79 Å². The summed E-state index contributed by atoms with van der Waals surface area (Å²) in [5, 5.41) is 9.24. The first-order valence-corrected chi connectivity index (χ1v) is 9.04. The highest BCUT2D eigenvalue weighted by atomic mass is 19.4. The third-order valence-corrected chi connectivity index (χ3v) is 6.61. The van der Waals surface area contributed by atoms with Gasteiger partial charge in [-0.2, -0.15) is 26.3 Å². The Kier molecular flexibility index (Phi) is 4.61. The van der Waals surface area contributed by atoms with Gasteiger partial charge in [-0.25, -0.2) is 0 Å². The van der Waals surface area contributed by atoms with Crippen LogP contribution in [0.3, 0.4) is 0 Å². The molecule has 2 fully saturated rings. The number of carbonyl (C=O) groups is 1. The Labute approximate surface area is 153 Å². The van der Waals surface area contributed by atoms with E-state index in [0.29, 0.717) is 25.7 Å². The lowest BCUT2D eigenvalue weighted by atomic mass is 9.62. The minimum Gasteiger partial charge on any atom is -0.370 e. The fraction of sp³-hybridized carbons (Fsp3) is 0.737. The van der Waals surface area contributed by atoms with Crippen LogP contribution in [0, 0.1) is 16.7 Å². The van der Waals surface area contributed by atoms with Crippen LogP contribution in [0.1, 0.15) is 51.9 Å². The fourth-order valence-corrected chi connectivity index (χ4v) is 4.88. The summed E-state index contributed by atoms with van der Waals surface area (Å²) in [5.74, 6) is 0.0508. The van der Waals surface area contributed by atoms with Gasteiger partial charge in [-0.15, -0.1) is 0 Å². The second kappa shape index (κ2) is 6.09. The topological polar surface area (TPSA) is 37.3 Å². The molecule has 0 bridgehead atoms. The quantitative estimate of drug-likeness (QED) is 0.519. The number of Topliss-reactive ketones (excluding diaryl/α,β-unsaturated/α-hetero) is 1. The first kappa shape index (κ1) is 20.4. The second-order valence-electron chi connectivity index (χ2n) is 8.29. The van der Waals surface area contributed by atoms with Crippen molar-refractivity contribution in [3.63, 3.8) is 0 Å². The van der Waals surface area contributed by atoms with Gasteiger partial charge in [-0.05, 0) is 55.4 Å². The summed E-state index contributed by atoms with van der Waals surface area (Å²) in [4.78, 5) is 12.2. The summed E-state index contributed by atoms with van der Waals surface area (Å²) in [6, 6.07) is 0. The fourth-order valence-electron chi connectivity index (χ4n) is 4.88. The number of fused-ring (bicyclic) bond motifs is 1. The number of hydrogen-bond donors (Lipinski definition) is 1. The van der Waals surface area contributed by atoms with Crippen molar-refractivity contribution in [1.29, 1.82) is 0 Å². The largest absolute Gasteiger partial charge is 0.429 e. The van der Waals surface area contributed by atoms with Crippen molar-refractivity contribution in [2.24, 2.45) is 16.7 Å². The van der Waals surface area contributed by atoms with Crippen molar-refractivity contribution in [2.75, 3.05) is 0 Å². The summed E-state index contributed by atoms with van der Waals surface area (Å²) in [7, 11) is 0. The molecule has 8 heteroatoms. The predicted octanol–water partition coefficient (Wildman–Crippen LogP) is 5.27. The SMILES string of the molecule is C[C@@]12CCCC(=O)[C@@H]1CC=C2C1(CC=CC(O)(C(F)(F)F)C(F)(F)F)CC1. The van der Waals surface area contributed by atoms with Gasteiger partial charge in [0.2, 0.25) is 0 Å². The van der Waals surface area contributed by atoms with E-state index in [0.717, 1.165) is 24.5 Å². The molecule has 152 valence electrons. The van der Waals surface area contributed by atoms with Crippen LogP contribution in [0.5, 0.6) is 0 Å². The molecule has 3 rings (SSSR count). The Morgan fingerprint density at radius 2 is 1.74 bits per heavy atom. The van der Waals surface area contributed by atoms with Crippen LogP contribution in [0.25, 0.3) is 0 Å². The summed E-state index contributed by atoms with van der Waals surface area (Å²) < 4.78 is 76.8. The molecule has 3 aliphatic rings. The van der Waals surface area contributed by atoms with Crippen molar-refractivity contribution in [1.82, 2.24) is 0 Å². The first-order chi connectivity index (χ1) is 12.3. The Bertz CT molecular complexity index is 669. The van der Waals surface area contributed by atoms with Gasteiger partial charge in [0.05, 0.1) is 0 Å². The third kappa shape index (κ3) is 3.13. The highest BCUT2D eigenvalue weighted by molar-refractivity contribution is 5.84. The monoisotopic (exact) mass is 396 g/mol. The normalized spacial score (nSPS) is 31.2. The molecular formula is C19H22F6O2. The second-order valence-corrected chi connectivity index (χ2v) is 8.29. The molecule has 2 nitrogen and oxygen atoms in total. The number of aliphatic hydroxyl groups is 1. The molecule has 0 aromatic heterocycles. The molecule has 0 spiro atoms. The van der Waals surface area contributed by atoms with E-state index in [1.54, 1.807) is 0 Å². The van der Waals surface area contributed by atoms with Gasteiger partial charge >= 0.3 is 12.4 Å². The number of allylic oxidation sites excluding steroid dienone is 3. The van der Waals surface area contributed by atoms with E-state index >= 15 is 0 Å². The molecule has 0 radical (unpaired) electrons. The lowest BCUT2D eigenvalue weighted by Crippen LogP contribution is -2.55. The molecular weight excluding hydrogens is 374 g/mol. The van der Waals surface area contributed by atoms with Gasteiger partial charge in [0.15, 0.2) is 0 Å². The van der Waals surface area contributed by atoms with Crippen LogP contribution < -0.4 is 0 Å². The molecule has 0 saturated heterocycles. The molecule has 3 aliphatic carbocycles. The van der Waals surface area contributed by atoms with Crippen molar-refractivity contribution < 1.29 is 36.2 Å². The van der Waals surface area contributed by atoms with Crippen LogP contribution in [0.2, 0.25) is 0 Å². The Hall–Kier alpha value is -1.31. The zero-order valence-electron chi connectivity index (χ0n) is 14.9. The van der Waals surface area contributed by atoms with Gasteiger partial charge in [-0.3, -0.25) is 4.79 Å². The summed E-state index contributed by atoms with van der Waals surface area (Å²) in [6.07, 6.45) is -5.12. The molecule has 0 amide bonds. The minimum atomic E-state index is -5.85. The van der Waals surface area contributed by atoms with Crippen LogP contribution in [-0.4, -0.2) is 28.8 Å². The van der Waals surface area contributed by atoms with Crippen LogP contribution in [0.4, 0.5) is 26.3 Å². The van der Waals surface area contributed by atoms with Crippen molar-refractivity contribution in [2.45, 2.75) is 69.8 Å². The number of alkyl halides is 6. The molecule has 0 aromatic rings. The maximum absolute atomic E-state index is 12.8. The highest BCUT2D eigenvalue weighted by Crippen LogP contribution is 2.66. The van der Waals surface area contributed by atoms with Gasteiger partial charge < -0.3 is 5.11 Å². The molecule has 0 aromatic carbocycles. The van der Waals surface area contributed by atoms with Crippen LogP contribution in [0.15, 0.2) is 23.8 Å². The van der Waals surface area contributed by atoms with Crippen molar-refractivity contribution in [3.05, 3.63) is 23.8 Å². The van der Waals surface area contributed by atoms with Gasteiger partial charge in [-0.1, -0.05) is 24.6 Å². The highest BCUT2D eigenvalue weighted by Gasteiger charge is 2.69. The van der Waals surface area contributed by atoms with E-state index in [4.69, 9.17) is 0 Å². The first-order valence-electron chi connectivity index (χ1n) is 9.04. The Balaban J connectivity index is 1.80. The zero-order chi connectivity index (χ0) is 20.3. The molecule has 2 atom stereocenters. The van der Waals surface area contributed by atoms with E-state index in [1.807, 2.05) is 13.0 Å². The number of hydrogen-bond acceptors (Lipinski definition) is 2. The summed E-state index contributed by atoms with van der Waals surface area (Å²) in [6.45, 7) is 1.99. The van der Waals surface area contributed by atoms with Crippen molar-refractivity contribution >= 4 is 5.78 Å². The summed E-state index contributed by atoms with van der Waals surface area (Å²) >= 11 is 0. The zero-order valence-corrected chi connectivity index (χ0v) is 14.9. The minimum absolute atomic E-state index is 0.0101.